The summed E-state index contributed by atoms with van der Waals surface area (Å²) in [6, 6.07) is 13.3. The lowest BCUT2D eigenvalue weighted by Gasteiger charge is -2.07. The molecule has 0 bridgehead atoms. The SMILES string of the molecule is O=C(COC(=O)Cc1cccc2ccccc12)Nc1ncc([N+](=O)[O-])s1. The Balaban J connectivity index is 1.54. The molecule has 0 spiro atoms. The molecule has 0 aliphatic carbocycles. The second-order valence-corrected chi connectivity index (χ2v) is 6.29. The second-order valence-electron chi connectivity index (χ2n) is 5.28. The highest BCUT2D eigenvalue weighted by Gasteiger charge is 2.15. The topological polar surface area (TPSA) is 111 Å². The van der Waals surface area contributed by atoms with Crippen molar-refractivity contribution in [3.05, 3.63) is 64.3 Å². The molecule has 2 aromatic carbocycles. The molecule has 0 atom stereocenters. The molecule has 1 heterocycles. The maximum absolute atomic E-state index is 12.0. The van der Waals surface area contributed by atoms with Crippen LogP contribution in [0.3, 0.4) is 0 Å². The molecule has 26 heavy (non-hydrogen) atoms. The largest absolute Gasteiger partial charge is 0.455 e. The van der Waals surface area contributed by atoms with Gasteiger partial charge < -0.3 is 4.74 Å². The van der Waals surface area contributed by atoms with Gasteiger partial charge in [-0.05, 0) is 27.7 Å². The molecule has 0 fully saturated rings. The standard InChI is InChI=1S/C17H13N3O5S/c21-14(19-17-18-9-15(26-17)20(23)24)10-25-16(22)8-12-6-3-5-11-4-1-2-7-13(11)12/h1-7,9H,8,10H2,(H,18,19,21). The van der Waals surface area contributed by atoms with Crippen LogP contribution in [0.15, 0.2) is 48.7 Å². The summed E-state index contributed by atoms with van der Waals surface area (Å²) >= 11 is 0.725. The average Bonchev–Trinajstić information content (AvgIpc) is 3.09. The first-order valence-corrected chi connectivity index (χ1v) is 8.37. The second kappa shape index (κ2) is 7.70. The van der Waals surface area contributed by atoms with E-state index in [1.165, 1.54) is 0 Å². The number of nitrogens with one attached hydrogen (secondary N) is 1. The van der Waals surface area contributed by atoms with Crippen LogP contribution in [0.2, 0.25) is 0 Å². The predicted octanol–water partition coefficient (Wildman–Crippen LogP) is 2.93. The molecule has 0 aliphatic heterocycles. The van der Waals surface area contributed by atoms with E-state index in [1.54, 1.807) is 0 Å². The maximum Gasteiger partial charge on any atom is 0.345 e. The molecular weight excluding hydrogens is 358 g/mol. The fraction of sp³-hybridized carbons (Fsp3) is 0.118. The zero-order chi connectivity index (χ0) is 18.5. The number of carbonyl (C=O) groups is 2. The van der Waals surface area contributed by atoms with Gasteiger partial charge in [0.15, 0.2) is 11.7 Å². The Morgan fingerprint density at radius 1 is 1.19 bits per heavy atom. The van der Waals surface area contributed by atoms with Gasteiger partial charge in [-0.15, -0.1) is 0 Å². The molecule has 1 amide bonds. The normalized spacial score (nSPS) is 10.5. The van der Waals surface area contributed by atoms with E-state index in [2.05, 4.69) is 10.3 Å². The lowest BCUT2D eigenvalue weighted by Crippen LogP contribution is -2.21. The molecule has 0 aliphatic rings. The van der Waals surface area contributed by atoms with E-state index in [1.807, 2.05) is 42.5 Å². The third kappa shape index (κ3) is 4.19. The van der Waals surface area contributed by atoms with E-state index >= 15 is 0 Å². The van der Waals surface area contributed by atoms with Crippen LogP contribution in [-0.2, 0) is 20.7 Å². The van der Waals surface area contributed by atoms with Gasteiger partial charge in [0.25, 0.3) is 5.91 Å². The Morgan fingerprint density at radius 3 is 2.73 bits per heavy atom. The number of thiazole rings is 1. The van der Waals surface area contributed by atoms with Gasteiger partial charge in [0, 0.05) is 0 Å². The molecule has 8 nitrogen and oxygen atoms in total. The number of benzene rings is 2. The number of amides is 1. The van der Waals surface area contributed by atoms with Crippen molar-refractivity contribution in [2.45, 2.75) is 6.42 Å². The molecule has 0 saturated heterocycles. The number of hydrogen-bond acceptors (Lipinski definition) is 7. The van der Waals surface area contributed by atoms with Gasteiger partial charge in [0.1, 0.15) is 6.20 Å². The van der Waals surface area contributed by atoms with Crippen LogP contribution in [0.1, 0.15) is 5.56 Å². The number of hydrogen-bond donors (Lipinski definition) is 1. The smallest absolute Gasteiger partial charge is 0.345 e. The fourth-order valence-corrected chi connectivity index (χ4v) is 3.01. The monoisotopic (exact) mass is 371 g/mol. The van der Waals surface area contributed by atoms with Gasteiger partial charge in [0.2, 0.25) is 0 Å². The third-order valence-corrected chi connectivity index (χ3v) is 4.36. The van der Waals surface area contributed by atoms with Crippen molar-refractivity contribution >= 4 is 44.1 Å². The lowest BCUT2D eigenvalue weighted by atomic mass is 10.0. The summed E-state index contributed by atoms with van der Waals surface area (Å²) in [6.45, 7) is -0.489. The average molecular weight is 371 g/mol. The predicted molar refractivity (Wildman–Crippen MR) is 96.0 cm³/mol. The van der Waals surface area contributed by atoms with E-state index in [0.717, 1.165) is 33.9 Å². The van der Waals surface area contributed by atoms with Crippen LogP contribution in [0, 0.1) is 10.1 Å². The summed E-state index contributed by atoms with van der Waals surface area (Å²) in [4.78, 5) is 37.5. The number of ether oxygens (including phenoxy) is 1. The first kappa shape index (κ1) is 17.5. The summed E-state index contributed by atoms with van der Waals surface area (Å²) in [7, 11) is 0. The summed E-state index contributed by atoms with van der Waals surface area (Å²) < 4.78 is 4.98. The molecule has 0 radical (unpaired) electrons. The molecule has 0 saturated carbocycles. The van der Waals surface area contributed by atoms with Crippen LogP contribution >= 0.6 is 11.3 Å². The summed E-state index contributed by atoms with van der Waals surface area (Å²) in [5.41, 5.74) is 0.809. The molecule has 1 aromatic heterocycles. The maximum atomic E-state index is 12.0. The molecule has 9 heteroatoms. The first-order chi connectivity index (χ1) is 12.5. The van der Waals surface area contributed by atoms with Crippen molar-refractivity contribution in [1.82, 2.24) is 4.98 Å². The highest BCUT2D eigenvalue weighted by atomic mass is 32.1. The van der Waals surface area contributed by atoms with Crippen molar-refractivity contribution in [1.29, 1.82) is 0 Å². The van der Waals surface area contributed by atoms with Gasteiger partial charge in [-0.1, -0.05) is 42.5 Å². The Morgan fingerprint density at radius 2 is 1.96 bits per heavy atom. The number of carbonyl (C=O) groups excluding carboxylic acids is 2. The number of esters is 1. The first-order valence-electron chi connectivity index (χ1n) is 7.55. The number of rotatable bonds is 6. The van der Waals surface area contributed by atoms with E-state index in [0.29, 0.717) is 0 Å². The van der Waals surface area contributed by atoms with E-state index in [-0.39, 0.29) is 16.6 Å². The highest BCUT2D eigenvalue weighted by molar-refractivity contribution is 7.18. The molecule has 132 valence electrons. The molecule has 3 rings (SSSR count). The Labute approximate surface area is 151 Å². The van der Waals surface area contributed by atoms with Gasteiger partial charge in [-0.25, -0.2) is 4.98 Å². The fourth-order valence-electron chi connectivity index (χ4n) is 2.36. The van der Waals surface area contributed by atoms with Gasteiger partial charge in [0.05, 0.1) is 11.3 Å². The zero-order valence-electron chi connectivity index (χ0n) is 13.4. The highest BCUT2D eigenvalue weighted by Crippen LogP contribution is 2.24. The number of fused-ring (bicyclic) bond motifs is 1. The summed E-state index contributed by atoms with van der Waals surface area (Å²) in [6.07, 6.45) is 1.09. The van der Waals surface area contributed by atoms with E-state index in [9.17, 15) is 19.7 Å². The zero-order valence-corrected chi connectivity index (χ0v) is 14.2. The van der Waals surface area contributed by atoms with Gasteiger partial charge in [-0.3, -0.25) is 25.0 Å². The Hall–Kier alpha value is -3.33. The van der Waals surface area contributed by atoms with Crippen LogP contribution in [-0.4, -0.2) is 28.4 Å². The molecular formula is C17H13N3O5S. The van der Waals surface area contributed by atoms with Crippen LogP contribution in [0.5, 0.6) is 0 Å². The Bertz CT molecular complexity index is 980. The van der Waals surface area contributed by atoms with Crippen molar-refractivity contribution in [3.63, 3.8) is 0 Å². The number of anilines is 1. The van der Waals surface area contributed by atoms with Crippen LogP contribution < -0.4 is 5.32 Å². The van der Waals surface area contributed by atoms with Crippen LogP contribution in [0.25, 0.3) is 10.8 Å². The van der Waals surface area contributed by atoms with Crippen molar-refractivity contribution < 1.29 is 19.2 Å². The molecule has 0 unspecified atom stereocenters. The third-order valence-electron chi connectivity index (χ3n) is 3.50. The lowest BCUT2D eigenvalue weighted by molar-refractivity contribution is -0.380. The molecule has 3 aromatic rings. The number of aromatic nitrogens is 1. The minimum Gasteiger partial charge on any atom is -0.455 e. The van der Waals surface area contributed by atoms with Gasteiger partial charge >= 0.3 is 11.0 Å². The minimum atomic E-state index is -0.611. The van der Waals surface area contributed by atoms with Crippen molar-refractivity contribution in [2.24, 2.45) is 0 Å². The van der Waals surface area contributed by atoms with Crippen LogP contribution in [0.4, 0.5) is 10.1 Å². The van der Waals surface area contributed by atoms with Crippen molar-refractivity contribution in [2.75, 3.05) is 11.9 Å². The van der Waals surface area contributed by atoms with E-state index in [4.69, 9.17) is 4.74 Å². The number of nitro groups is 1. The minimum absolute atomic E-state index is 0.0390. The van der Waals surface area contributed by atoms with Crippen molar-refractivity contribution in [3.8, 4) is 0 Å². The quantitative estimate of drug-likeness (QED) is 0.405. The Kier molecular flexibility index (Phi) is 5.18. The molecule has 1 N–H and O–H groups in total. The van der Waals surface area contributed by atoms with E-state index < -0.39 is 23.4 Å². The number of nitrogens with zero attached hydrogens (tertiary/aromatic N) is 2. The summed E-state index contributed by atoms with van der Waals surface area (Å²) in [5, 5.41) is 14.8. The summed E-state index contributed by atoms with van der Waals surface area (Å²) in [5.74, 6) is -1.15. The van der Waals surface area contributed by atoms with Gasteiger partial charge in [-0.2, -0.15) is 0 Å².